The summed E-state index contributed by atoms with van der Waals surface area (Å²) in [6, 6.07) is 4.49. The first kappa shape index (κ1) is 27.1. The second kappa shape index (κ2) is 13.0. The molecule has 0 spiro atoms. The van der Waals surface area contributed by atoms with Gasteiger partial charge in [-0.3, -0.25) is 9.59 Å². The van der Waals surface area contributed by atoms with Crippen LogP contribution >= 0.6 is 11.8 Å². The largest absolute Gasteiger partial charge is 0.490 e. The van der Waals surface area contributed by atoms with Gasteiger partial charge >= 0.3 is 0 Å². The van der Waals surface area contributed by atoms with Gasteiger partial charge in [-0.05, 0) is 74.3 Å². The average Bonchev–Trinajstić information content (AvgIpc) is 2.90. The summed E-state index contributed by atoms with van der Waals surface area (Å²) in [7, 11) is 0. The number of benzene rings is 1. The summed E-state index contributed by atoms with van der Waals surface area (Å²) in [5, 5.41) is 14.8. The predicted octanol–water partition coefficient (Wildman–Crippen LogP) is 3.48. The van der Waals surface area contributed by atoms with Gasteiger partial charge in [-0.1, -0.05) is 0 Å². The highest BCUT2D eigenvalue weighted by Gasteiger charge is 2.27. The Kier molecular flexibility index (Phi) is 9.56. The minimum absolute atomic E-state index is 0.00989. The molecule has 3 N–H and O–H groups in total. The lowest BCUT2D eigenvalue weighted by Gasteiger charge is -2.30. The molecule has 1 aromatic heterocycles. The van der Waals surface area contributed by atoms with Gasteiger partial charge < -0.3 is 25.2 Å². The molecule has 0 radical (unpaired) electrons. The molecule has 1 saturated carbocycles. The van der Waals surface area contributed by atoms with Crippen molar-refractivity contribution >= 4 is 23.6 Å². The van der Waals surface area contributed by atoms with Gasteiger partial charge in [0.2, 0.25) is 5.88 Å². The number of nitrogens with one attached hydrogen (secondary N) is 2. The predicted molar refractivity (Wildman–Crippen MR) is 135 cm³/mol. The van der Waals surface area contributed by atoms with Gasteiger partial charge in [0, 0.05) is 12.1 Å². The van der Waals surface area contributed by atoms with E-state index in [0.717, 1.165) is 42.7 Å². The lowest BCUT2D eigenvalue weighted by atomic mass is 9.90. The molecule has 2 heterocycles. The van der Waals surface area contributed by atoms with Crippen molar-refractivity contribution in [3.63, 3.8) is 0 Å². The number of carbonyl (C=O) groups is 2. The maximum atomic E-state index is 13.9. The van der Waals surface area contributed by atoms with Crippen LogP contribution in [0.2, 0.25) is 0 Å². The van der Waals surface area contributed by atoms with Gasteiger partial charge in [0.25, 0.3) is 11.8 Å². The van der Waals surface area contributed by atoms with Gasteiger partial charge in [0.1, 0.15) is 35.7 Å². The molecule has 2 aliphatic rings. The van der Waals surface area contributed by atoms with Crippen molar-refractivity contribution in [2.24, 2.45) is 0 Å². The molecule has 37 heavy (non-hydrogen) atoms. The molecule has 200 valence electrons. The number of pyridine rings is 1. The normalized spacial score (nSPS) is 20.2. The molecule has 0 atom stereocenters. The molecule has 2 aromatic rings. The van der Waals surface area contributed by atoms with E-state index in [2.05, 4.69) is 15.6 Å². The maximum Gasteiger partial charge on any atom is 0.257 e. The van der Waals surface area contributed by atoms with E-state index < -0.39 is 23.4 Å². The zero-order chi connectivity index (χ0) is 26.2. The quantitative estimate of drug-likeness (QED) is 0.451. The van der Waals surface area contributed by atoms with Gasteiger partial charge in [-0.15, -0.1) is 0 Å². The molecule has 8 nitrogen and oxygen atoms in total. The number of rotatable bonds is 9. The Morgan fingerprint density at radius 1 is 0.946 bits per heavy atom. The van der Waals surface area contributed by atoms with E-state index in [1.54, 1.807) is 0 Å². The maximum absolute atomic E-state index is 13.9. The van der Waals surface area contributed by atoms with Crippen LogP contribution in [0, 0.1) is 11.6 Å². The van der Waals surface area contributed by atoms with Crippen molar-refractivity contribution in [3.8, 4) is 11.6 Å². The molecule has 1 saturated heterocycles. The summed E-state index contributed by atoms with van der Waals surface area (Å²) >= 11 is 1.85. The first-order chi connectivity index (χ1) is 17.9. The van der Waals surface area contributed by atoms with Gasteiger partial charge in [-0.2, -0.15) is 11.8 Å². The summed E-state index contributed by atoms with van der Waals surface area (Å²) < 4.78 is 39.0. The monoisotopic (exact) mass is 535 g/mol. The minimum atomic E-state index is -0.609. The highest BCUT2D eigenvalue weighted by Crippen LogP contribution is 2.26. The van der Waals surface area contributed by atoms with Crippen LogP contribution in [0.3, 0.4) is 0 Å². The fourth-order valence-corrected chi connectivity index (χ4v) is 5.57. The number of aromatic nitrogens is 1. The Bertz CT molecular complexity index is 1090. The number of aliphatic hydroxyl groups is 1. The molecule has 2 amide bonds. The van der Waals surface area contributed by atoms with Gasteiger partial charge in [0.15, 0.2) is 0 Å². The lowest BCUT2D eigenvalue weighted by Crippen LogP contribution is -2.44. The number of carbonyl (C=O) groups excluding carboxylic acids is 2. The summed E-state index contributed by atoms with van der Waals surface area (Å²) in [4.78, 5) is 29.8. The fraction of sp³-hybridized carbons (Fsp3) is 0.500. The van der Waals surface area contributed by atoms with E-state index in [9.17, 15) is 18.4 Å². The Morgan fingerprint density at radius 2 is 1.57 bits per heavy atom. The molecule has 11 heteroatoms. The Balaban J connectivity index is 1.31. The fourth-order valence-electron chi connectivity index (χ4n) is 4.50. The highest BCUT2D eigenvalue weighted by molar-refractivity contribution is 7.99. The second-order valence-corrected chi connectivity index (χ2v) is 10.4. The van der Waals surface area contributed by atoms with Crippen LogP contribution in [-0.2, 0) is 0 Å². The first-order valence-electron chi connectivity index (χ1n) is 12.5. The van der Waals surface area contributed by atoms with Crippen molar-refractivity contribution in [1.29, 1.82) is 0 Å². The molecule has 0 unspecified atom stereocenters. The number of thioether (sulfide) groups is 1. The molecule has 4 rings (SSSR count). The Hall–Kier alpha value is -2.92. The molecule has 2 fully saturated rings. The van der Waals surface area contributed by atoms with E-state index >= 15 is 0 Å². The van der Waals surface area contributed by atoms with Crippen LogP contribution in [0.5, 0.6) is 11.6 Å². The van der Waals surface area contributed by atoms with E-state index in [4.69, 9.17) is 14.6 Å². The smallest absolute Gasteiger partial charge is 0.257 e. The number of amides is 2. The number of aliphatic hydroxyl groups excluding tert-OH is 1. The number of nitrogens with zero attached hydrogens (tertiary/aromatic N) is 1. The van der Waals surface area contributed by atoms with E-state index in [1.165, 1.54) is 12.1 Å². The molecule has 1 aliphatic heterocycles. The molecule has 0 bridgehead atoms. The third-order valence-electron chi connectivity index (χ3n) is 6.44. The second-order valence-electron chi connectivity index (χ2n) is 9.14. The number of halogens is 2. The van der Waals surface area contributed by atoms with Crippen molar-refractivity contribution in [2.75, 3.05) is 24.7 Å². The van der Waals surface area contributed by atoms with E-state index in [-0.39, 0.29) is 54.2 Å². The van der Waals surface area contributed by atoms with Crippen LogP contribution in [0.25, 0.3) is 0 Å². The highest BCUT2D eigenvalue weighted by atomic mass is 32.2. The van der Waals surface area contributed by atoms with Crippen LogP contribution in [0.1, 0.15) is 59.2 Å². The average molecular weight is 536 g/mol. The van der Waals surface area contributed by atoms with Gasteiger partial charge in [-0.25, -0.2) is 13.8 Å². The molecule has 1 aliphatic carbocycles. The minimum Gasteiger partial charge on any atom is -0.490 e. The zero-order valence-corrected chi connectivity index (χ0v) is 21.2. The molecular formula is C26H31F2N3O5S. The topological polar surface area (TPSA) is 110 Å². The summed E-state index contributed by atoms with van der Waals surface area (Å²) in [6.07, 6.45) is 5.12. The summed E-state index contributed by atoms with van der Waals surface area (Å²) in [5.41, 5.74) is 0.140. The molecule has 1 aromatic carbocycles. The Labute approximate surface area is 218 Å². The van der Waals surface area contributed by atoms with Crippen molar-refractivity contribution < 1.29 is 33.0 Å². The van der Waals surface area contributed by atoms with Crippen molar-refractivity contribution in [3.05, 3.63) is 53.2 Å². The third kappa shape index (κ3) is 7.54. The van der Waals surface area contributed by atoms with Crippen molar-refractivity contribution in [1.82, 2.24) is 15.6 Å². The van der Waals surface area contributed by atoms with Crippen LogP contribution in [0.4, 0.5) is 8.78 Å². The van der Waals surface area contributed by atoms with Crippen molar-refractivity contribution in [2.45, 2.75) is 56.7 Å². The van der Waals surface area contributed by atoms with Gasteiger partial charge in [0.05, 0.1) is 18.4 Å². The SMILES string of the molecule is O=C(NC1CCC(NC(=O)c2cc(F)cnc2OC2CCSCC2)CC1)c1cc(F)ccc1OCCO. The molecular weight excluding hydrogens is 504 g/mol. The van der Waals surface area contributed by atoms with Crippen LogP contribution in [-0.4, -0.2) is 64.8 Å². The van der Waals surface area contributed by atoms with E-state index in [1.807, 2.05) is 11.8 Å². The van der Waals surface area contributed by atoms with E-state index in [0.29, 0.717) is 25.7 Å². The lowest BCUT2D eigenvalue weighted by molar-refractivity contribution is 0.0883. The number of hydrogen-bond acceptors (Lipinski definition) is 7. The summed E-state index contributed by atoms with van der Waals surface area (Å²) in [6.45, 7) is -0.239. The summed E-state index contributed by atoms with van der Waals surface area (Å²) in [5.74, 6) is 0.216. The zero-order valence-electron chi connectivity index (χ0n) is 20.4. The van der Waals surface area contributed by atoms with Crippen LogP contribution in [0.15, 0.2) is 30.5 Å². The number of hydrogen-bond donors (Lipinski definition) is 3. The third-order valence-corrected chi connectivity index (χ3v) is 7.49. The standard InChI is InChI=1S/C26H31F2N3O5S/c27-16-1-6-23(35-10-9-32)21(13-16)24(33)30-18-2-4-19(5-3-18)31-25(34)22-14-17(28)15-29-26(22)36-20-7-11-37-12-8-20/h1,6,13-15,18-20,32H,2-5,7-12H2,(H,30,33)(H,31,34). The van der Waals surface area contributed by atoms with Crippen LogP contribution < -0.4 is 20.1 Å². The first-order valence-corrected chi connectivity index (χ1v) is 13.6. The Morgan fingerprint density at radius 3 is 2.22 bits per heavy atom. The number of ether oxygens (including phenoxy) is 2.